The highest BCUT2D eigenvalue weighted by atomic mass is 35.5. The molecule has 0 bridgehead atoms. The van der Waals surface area contributed by atoms with Gasteiger partial charge in [-0.15, -0.1) is 0 Å². The average molecular weight is 451 g/mol. The number of halogens is 2. The molecule has 1 aliphatic rings. The highest BCUT2D eigenvalue weighted by molar-refractivity contribution is 7.71. The minimum atomic E-state index is -0.219. The number of fused-ring (bicyclic) bond motifs is 1. The highest BCUT2D eigenvalue weighted by Gasteiger charge is 2.17. The Bertz CT molecular complexity index is 1110. The number of ether oxygens (including phenoxy) is 2. The predicted molar refractivity (Wildman–Crippen MR) is 112 cm³/mol. The van der Waals surface area contributed by atoms with Crippen molar-refractivity contribution < 1.29 is 14.3 Å². The first-order chi connectivity index (χ1) is 14.0. The Hall–Kier alpha value is -2.55. The Kier molecular flexibility index (Phi) is 5.75. The van der Waals surface area contributed by atoms with E-state index >= 15 is 0 Å². The molecule has 0 saturated carbocycles. The smallest absolute Gasteiger partial charge is 0.240 e. The van der Waals surface area contributed by atoms with Crippen molar-refractivity contribution in [2.45, 2.75) is 13.1 Å². The molecule has 0 fully saturated rings. The minimum Gasteiger partial charge on any atom is -0.486 e. The first kappa shape index (κ1) is 19.8. The summed E-state index contributed by atoms with van der Waals surface area (Å²) < 4.78 is 13.1. The summed E-state index contributed by atoms with van der Waals surface area (Å²) in [6.45, 7) is 1.23. The van der Waals surface area contributed by atoms with E-state index in [4.69, 9.17) is 44.9 Å². The van der Waals surface area contributed by atoms with Crippen molar-refractivity contribution in [2.24, 2.45) is 0 Å². The number of hydrogen-bond donors (Lipinski definition) is 2. The summed E-state index contributed by atoms with van der Waals surface area (Å²) >= 11 is 17.4. The quantitative estimate of drug-likeness (QED) is 0.574. The number of amides is 1. The van der Waals surface area contributed by atoms with Gasteiger partial charge in [0.15, 0.2) is 22.1 Å². The number of H-pyrrole nitrogens is 1. The summed E-state index contributed by atoms with van der Waals surface area (Å²) in [6, 6.07) is 10.7. The molecule has 0 spiro atoms. The second kappa shape index (κ2) is 8.44. The normalized spacial score (nSPS) is 12.6. The van der Waals surface area contributed by atoms with Crippen LogP contribution in [0, 0.1) is 4.77 Å². The molecule has 29 heavy (non-hydrogen) atoms. The van der Waals surface area contributed by atoms with Gasteiger partial charge >= 0.3 is 0 Å². The third-order valence-corrected chi connectivity index (χ3v) is 5.15. The Morgan fingerprint density at radius 3 is 2.76 bits per heavy atom. The highest BCUT2D eigenvalue weighted by Crippen LogP contribution is 2.38. The minimum absolute atomic E-state index is 0.0194. The topological polar surface area (TPSA) is 81.2 Å². The van der Waals surface area contributed by atoms with Gasteiger partial charge in [0.2, 0.25) is 5.91 Å². The van der Waals surface area contributed by atoms with E-state index in [1.807, 2.05) is 18.2 Å². The fourth-order valence-electron chi connectivity index (χ4n) is 2.95. The number of hydrogen-bond acceptors (Lipinski definition) is 5. The van der Waals surface area contributed by atoms with Gasteiger partial charge in [-0.2, -0.15) is 5.10 Å². The summed E-state index contributed by atoms with van der Waals surface area (Å²) in [7, 11) is 0. The number of nitrogens with zero attached hydrogens (tertiary/aromatic N) is 2. The molecule has 0 saturated heterocycles. The molecule has 2 N–H and O–H groups in total. The van der Waals surface area contributed by atoms with Gasteiger partial charge in [0, 0.05) is 17.1 Å². The van der Waals surface area contributed by atoms with Crippen LogP contribution in [0.15, 0.2) is 36.4 Å². The van der Waals surface area contributed by atoms with Crippen molar-refractivity contribution in [3.8, 4) is 22.9 Å². The second-order valence-electron chi connectivity index (χ2n) is 6.32. The van der Waals surface area contributed by atoms with E-state index in [0.29, 0.717) is 45.4 Å². The summed E-state index contributed by atoms with van der Waals surface area (Å²) in [5.41, 5.74) is 1.61. The number of aromatic nitrogens is 3. The molecule has 2 aromatic carbocycles. The van der Waals surface area contributed by atoms with Crippen LogP contribution in [0.3, 0.4) is 0 Å². The van der Waals surface area contributed by atoms with Gasteiger partial charge in [-0.3, -0.25) is 14.5 Å². The maximum Gasteiger partial charge on any atom is 0.240 e. The fourth-order valence-corrected chi connectivity index (χ4v) is 3.56. The molecule has 1 aromatic heterocycles. The Morgan fingerprint density at radius 1 is 1.21 bits per heavy atom. The Morgan fingerprint density at radius 2 is 1.97 bits per heavy atom. The zero-order chi connectivity index (χ0) is 20.4. The van der Waals surface area contributed by atoms with Crippen molar-refractivity contribution >= 4 is 41.3 Å². The van der Waals surface area contributed by atoms with Crippen molar-refractivity contribution in [3.63, 3.8) is 0 Å². The van der Waals surface area contributed by atoms with Crippen LogP contribution < -0.4 is 14.8 Å². The lowest BCUT2D eigenvalue weighted by Crippen LogP contribution is -2.27. The van der Waals surface area contributed by atoms with Crippen LogP contribution in [0.5, 0.6) is 11.5 Å². The first-order valence-corrected chi connectivity index (χ1v) is 9.93. The zero-order valence-corrected chi connectivity index (χ0v) is 17.4. The SMILES string of the molecule is O=C(Cn1c(-c2ccc(Cl)cc2)n[nH]c1=S)NCc1cc(Cl)c2c(c1)OCCO2. The maximum atomic E-state index is 12.5. The van der Waals surface area contributed by atoms with E-state index in [-0.39, 0.29) is 19.0 Å². The summed E-state index contributed by atoms with van der Waals surface area (Å²) in [6.07, 6.45) is 0. The van der Waals surface area contributed by atoms with Gasteiger partial charge in [-0.25, -0.2) is 0 Å². The number of benzene rings is 2. The van der Waals surface area contributed by atoms with Gasteiger partial charge in [-0.1, -0.05) is 23.2 Å². The van der Waals surface area contributed by atoms with E-state index in [2.05, 4.69) is 15.5 Å². The number of rotatable bonds is 5. The maximum absolute atomic E-state index is 12.5. The third-order valence-electron chi connectivity index (χ3n) is 4.31. The van der Waals surface area contributed by atoms with E-state index in [1.54, 1.807) is 22.8 Å². The van der Waals surface area contributed by atoms with Crippen LogP contribution in [0.1, 0.15) is 5.56 Å². The van der Waals surface area contributed by atoms with Gasteiger partial charge in [0.25, 0.3) is 0 Å². The first-order valence-electron chi connectivity index (χ1n) is 8.77. The molecule has 0 atom stereocenters. The number of carbonyl (C=O) groups is 1. The van der Waals surface area contributed by atoms with Gasteiger partial charge < -0.3 is 14.8 Å². The van der Waals surface area contributed by atoms with Crippen LogP contribution in [-0.4, -0.2) is 33.9 Å². The average Bonchev–Trinajstić information content (AvgIpc) is 3.07. The Balaban J connectivity index is 1.46. The summed E-state index contributed by atoms with van der Waals surface area (Å²) in [5.74, 6) is 1.45. The van der Waals surface area contributed by atoms with E-state index in [1.165, 1.54) is 0 Å². The lowest BCUT2D eigenvalue weighted by Gasteiger charge is -2.20. The van der Waals surface area contributed by atoms with Crippen LogP contribution in [0.4, 0.5) is 0 Å². The van der Waals surface area contributed by atoms with Gasteiger partial charge in [-0.05, 0) is 54.2 Å². The van der Waals surface area contributed by atoms with Crippen LogP contribution >= 0.6 is 35.4 Å². The lowest BCUT2D eigenvalue weighted by atomic mass is 10.2. The number of aromatic amines is 1. The summed E-state index contributed by atoms with van der Waals surface area (Å²) in [4.78, 5) is 12.5. The molecule has 7 nitrogen and oxygen atoms in total. The number of carbonyl (C=O) groups excluding carboxylic acids is 1. The monoisotopic (exact) mass is 450 g/mol. The van der Waals surface area contributed by atoms with Gasteiger partial charge in [0.05, 0.1) is 5.02 Å². The molecule has 0 aliphatic carbocycles. The van der Waals surface area contributed by atoms with Crippen molar-refractivity contribution in [3.05, 3.63) is 56.8 Å². The predicted octanol–water partition coefficient (Wildman–Crippen LogP) is 4.00. The van der Waals surface area contributed by atoms with Crippen LogP contribution in [-0.2, 0) is 17.9 Å². The molecule has 150 valence electrons. The summed E-state index contributed by atoms with van der Waals surface area (Å²) in [5, 5.41) is 10.9. The molecule has 1 aliphatic heterocycles. The standard InChI is InChI=1S/C19H16Cl2N4O3S/c20-13-3-1-12(2-4-13)18-23-24-19(29)25(18)10-16(26)22-9-11-7-14(21)17-15(8-11)27-5-6-28-17/h1-4,7-8H,5-6,9-10H2,(H,22,26)(H,24,29). The van der Waals surface area contributed by atoms with E-state index < -0.39 is 0 Å². The molecule has 10 heteroatoms. The number of nitrogens with one attached hydrogen (secondary N) is 2. The zero-order valence-electron chi connectivity index (χ0n) is 15.1. The Labute approximate surface area is 181 Å². The van der Waals surface area contributed by atoms with Crippen molar-refractivity contribution in [1.29, 1.82) is 0 Å². The van der Waals surface area contributed by atoms with Crippen LogP contribution in [0.2, 0.25) is 10.0 Å². The molecule has 4 rings (SSSR count). The second-order valence-corrected chi connectivity index (χ2v) is 7.55. The van der Waals surface area contributed by atoms with E-state index in [0.717, 1.165) is 11.1 Å². The van der Waals surface area contributed by atoms with Crippen molar-refractivity contribution in [2.75, 3.05) is 13.2 Å². The molecule has 3 aromatic rings. The molecular formula is C19H16Cl2N4O3S. The molecule has 0 radical (unpaired) electrons. The molecule has 2 heterocycles. The van der Waals surface area contributed by atoms with Crippen LogP contribution in [0.25, 0.3) is 11.4 Å². The largest absolute Gasteiger partial charge is 0.486 e. The molecular weight excluding hydrogens is 435 g/mol. The van der Waals surface area contributed by atoms with E-state index in [9.17, 15) is 4.79 Å². The van der Waals surface area contributed by atoms with Gasteiger partial charge in [0.1, 0.15) is 19.8 Å². The van der Waals surface area contributed by atoms with Crippen molar-refractivity contribution in [1.82, 2.24) is 20.1 Å². The molecule has 0 unspecified atom stereocenters. The molecule has 1 amide bonds. The fraction of sp³-hybridized carbons (Fsp3) is 0.211. The third kappa shape index (κ3) is 4.39. The lowest BCUT2D eigenvalue weighted by molar-refractivity contribution is -0.121.